The first kappa shape index (κ1) is 13.5. The number of oxime groups is 1. The predicted octanol–water partition coefficient (Wildman–Crippen LogP) is 2.56. The van der Waals surface area contributed by atoms with Crippen molar-refractivity contribution in [3.63, 3.8) is 0 Å². The second kappa shape index (κ2) is 5.67. The molecular weight excluding hydrogens is 233 g/mol. The molecule has 1 unspecified atom stereocenters. The number of hydrogen-bond donors (Lipinski definition) is 1. The van der Waals surface area contributed by atoms with Gasteiger partial charge in [0.2, 0.25) is 0 Å². The summed E-state index contributed by atoms with van der Waals surface area (Å²) in [4.78, 5) is 4.86. The summed E-state index contributed by atoms with van der Waals surface area (Å²) in [7, 11) is 0. The molecule has 0 aliphatic rings. The fourth-order valence-electron chi connectivity index (χ4n) is 1.04. The molecule has 1 aromatic carbocycles. The van der Waals surface area contributed by atoms with E-state index in [0.29, 0.717) is 5.56 Å². The van der Waals surface area contributed by atoms with E-state index in [-0.39, 0.29) is 12.6 Å². The van der Waals surface area contributed by atoms with Crippen molar-refractivity contribution in [2.24, 2.45) is 10.9 Å². The molecule has 94 valence electrons. The van der Waals surface area contributed by atoms with Crippen LogP contribution >= 0.6 is 0 Å². The Kier molecular flexibility index (Phi) is 4.51. The molecule has 0 heterocycles. The Morgan fingerprint density at radius 2 is 1.94 bits per heavy atom. The average Bonchev–Trinajstić information content (AvgIpc) is 2.23. The van der Waals surface area contributed by atoms with Gasteiger partial charge in [0.05, 0.1) is 11.8 Å². The van der Waals surface area contributed by atoms with Crippen LogP contribution in [0.2, 0.25) is 0 Å². The van der Waals surface area contributed by atoms with Crippen LogP contribution in [-0.2, 0) is 17.6 Å². The van der Waals surface area contributed by atoms with Crippen molar-refractivity contribution in [1.82, 2.24) is 0 Å². The normalized spacial score (nSPS) is 13.9. The van der Waals surface area contributed by atoms with E-state index in [1.165, 1.54) is 18.3 Å². The summed E-state index contributed by atoms with van der Waals surface area (Å²) in [6.45, 7) is 1.84. The van der Waals surface area contributed by atoms with E-state index in [4.69, 9.17) is 10.6 Å². The number of halogens is 3. The number of benzene rings is 1. The topological polar surface area (TPSA) is 47.6 Å². The van der Waals surface area contributed by atoms with Crippen molar-refractivity contribution in [2.75, 3.05) is 0 Å². The van der Waals surface area contributed by atoms with Crippen molar-refractivity contribution in [3.05, 3.63) is 35.4 Å². The summed E-state index contributed by atoms with van der Waals surface area (Å²) < 4.78 is 36.7. The van der Waals surface area contributed by atoms with Gasteiger partial charge in [-0.1, -0.05) is 17.3 Å². The van der Waals surface area contributed by atoms with Gasteiger partial charge in [-0.05, 0) is 24.6 Å². The molecule has 0 amide bonds. The third kappa shape index (κ3) is 4.86. The zero-order chi connectivity index (χ0) is 12.9. The standard InChI is InChI=1S/C11H13F3N2O/c1-8(15)6-16-17-7-9-2-4-10(5-3-9)11(12,13)14/h2-6,8H,7,15H2,1H3/b16-6+. The van der Waals surface area contributed by atoms with E-state index < -0.39 is 11.7 Å². The van der Waals surface area contributed by atoms with Crippen molar-refractivity contribution < 1.29 is 18.0 Å². The highest BCUT2D eigenvalue weighted by atomic mass is 19.4. The Morgan fingerprint density at radius 3 is 2.41 bits per heavy atom. The van der Waals surface area contributed by atoms with Crippen molar-refractivity contribution in [2.45, 2.75) is 25.7 Å². The van der Waals surface area contributed by atoms with Gasteiger partial charge < -0.3 is 10.6 Å². The molecule has 3 nitrogen and oxygen atoms in total. The van der Waals surface area contributed by atoms with Gasteiger partial charge in [0.25, 0.3) is 0 Å². The first-order valence-corrected chi connectivity index (χ1v) is 4.97. The minimum atomic E-state index is -4.31. The summed E-state index contributed by atoms with van der Waals surface area (Å²) in [6.07, 6.45) is -2.91. The van der Waals surface area contributed by atoms with E-state index >= 15 is 0 Å². The molecule has 0 aliphatic carbocycles. The molecule has 0 bridgehead atoms. The lowest BCUT2D eigenvalue weighted by Crippen LogP contribution is -2.16. The number of rotatable bonds is 4. The fourth-order valence-corrected chi connectivity index (χ4v) is 1.04. The van der Waals surface area contributed by atoms with Crippen LogP contribution in [0.3, 0.4) is 0 Å². The molecule has 1 aromatic rings. The summed E-state index contributed by atoms with van der Waals surface area (Å²) in [5.41, 5.74) is 5.32. The Labute approximate surface area is 97.1 Å². The van der Waals surface area contributed by atoms with Gasteiger partial charge in [0.15, 0.2) is 0 Å². The monoisotopic (exact) mass is 246 g/mol. The summed E-state index contributed by atoms with van der Waals surface area (Å²) in [5.74, 6) is 0. The second-order valence-electron chi connectivity index (χ2n) is 3.58. The number of hydrogen-bond acceptors (Lipinski definition) is 3. The molecule has 1 rings (SSSR count). The Bertz CT molecular complexity index is 371. The first-order chi connectivity index (χ1) is 7.89. The Hall–Kier alpha value is -1.56. The SMILES string of the molecule is CC(N)/C=N/OCc1ccc(C(F)(F)F)cc1. The van der Waals surface area contributed by atoms with Crippen LogP contribution in [0.15, 0.2) is 29.4 Å². The molecule has 0 radical (unpaired) electrons. The Balaban J connectivity index is 2.52. The third-order valence-corrected chi connectivity index (χ3v) is 1.88. The molecule has 2 N–H and O–H groups in total. The van der Waals surface area contributed by atoms with Crippen LogP contribution in [-0.4, -0.2) is 12.3 Å². The van der Waals surface area contributed by atoms with Gasteiger partial charge in [-0.15, -0.1) is 0 Å². The van der Waals surface area contributed by atoms with Gasteiger partial charge >= 0.3 is 6.18 Å². The van der Waals surface area contributed by atoms with Gasteiger partial charge in [0.1, 0.15) is 6.61 Å². The average molecular weight is 246 g/mol. The summed E-state index contributed by atoms with van der Waals surface area (Å²) >= 11 is 0. The number of nitrogens with zero attached hydrogens (tertiary/aromatic N) is 1. The second-order valence-corrected chi connectivity index (χ2v) is 3.58. The molecule has 0 fully saturated rings. The Morgan fingerprint density at radius 1 is 1.35 bits per heavy atom. The maximum absolute atomic E-state index is 12.2. The predicted molar refractivity (Wildman–Crippen MR) is 58.4 cm³/mol. The van der Waals surface area contributed by atoms with E-state index in [2.05, 4.69) is 5.16 Å². The summed E-state index contributed by atoms with van der Waals surface area (Å²) in [5, 5.41) is 3.57. The smallest absolute Gasteiger partial charge is 0.391 e. The van der Waals surface area contributed by atoms with E-state index in [1.807, 2.05) is 0 Å². The largest absolute Gasteiger partial charge is 0.416 e. The lowest BCUT2D eigenvalue weighted by Gasteiger charge is -2.07. The molecule has 6 heteroatoms. The minimum Gasteiger partial charge on any atom is -0.391 e. The molecule has 0 saturated heterocycles. The number of nitrogens with two attached hydrogens (primary N) is 1. The molecule has 0 spiro atoms. The zero-order valence-corrected chi connectivity index (χ0v) is 9.24. The molecule has 17 heavy (non-hydrogen) atoms. The quantitative estimate of drug-likeness (QED) is 0.655. The number of alkyl halides is 3. The van der Waals surface area contributed by atoms with E-state index in [9.17, 15) is 13.2 Å². The van der Waals surface area contributed by atoms with Gasteiger partial charge in [-0.25, -0.2) is 0 Å². The molecule has 1 atom stereocenters. The van der Waals surface area contributed by atoms with Crippen LogP contribution in [0, 0.1) is 0 Å². The van der Waals surface area contributed by atoms with E-state index in [1.54, 1.807) is 6.92 Å². The van der Waals surface area contributed by atoms with Crippen molar-refractivity contribution in [1.29, 1.82) is 0 Å². The highest BCUT2D eigenvalue weighted by Gasteiger charge is 2.29. The third-order valence-electron chi connectivity index (χ3n) is 1.88. The van der Waals surface area contributed by atoms with E-state index in [0.717, 1.165) is 12.1 Å². The zero-order valence-electron chi connectivity index (χ0n) is 9.24. The fraction of sp³-hybridized carbons (Fsp3) is 0.364. The highest BCUT2D eigenvalue weighted by Crippen LogP contribution is 2.29. The summed E-state index contributed by atoms with van der Waals surface area (Å²) in [6, 6.07) is 4.50. The van der Waals surface area contributed by atoms with Crippen LogP contribution in [0.4, 0.5) is 13.2 Å². The highest BCUT2D eigenvalue weighted by molar-refractivity contribution is 5.62. The maximum atomic E-state index is 12.2. The van der Waals surface area contributed by atoms with Gasteiger partial charge in [-0.2, -0.15) is 13.2 Å². The van der Waals surface area contributed by atoms with Gasteiger partial charge in [0, 0.05) is 6.04 Å². The van der Waals surface area contributed by atoms with Crippen LogP contribution in [0.1, 0.15) is 18.1 Å². The maximum Gasteiger partial charge on any atom is 0.416 e. The minimum absolute atomic E-state index is 0.112. The van der Waals surface area contributed by atoms with Crippen molar-refractivity contribution >= 4 is 6.21 Å². The van der Waals surface area contributed by atoms with Crippen molar-refractivity contribution in [3.8, 4) is 0 Å². The molecule has 0 aromatic heterocycles. The van der Waals surface area contributed by atoms with Crippen LogP contribution < -0.4 is 5.73 Å². The van der Waals surface area contributed by atoms with Gasteiger partial charge in [-0.3, -0.25) is 0 Å². The molecule has 0 saturated carbocycles. The molecule has 0 aliphatic heterocycles. The molecular formula is C11H13F3N2O. The van der Waals surface area contributed by atoms with Crippen LogP contribution in [0.5, 0.6) is 0 Å². The lowest BCUT2D eigenvalue weighted by molar-refractivity contribution is -0.137. The van der Waals surface area contributed by atoms with Crippen LogP contribution in [0.25, 0.3) is 0 Å². The lowest BCUT2D eigenvalue weighted by atomic mass is 10.1. The first-order valence-electron chi connectivity index (χ1n) is 4.97.